The summed E-state index contributed by atoms with van der Waals surface area (Å²) in [7, 11) is -3.47. The molecule has 0 bridgehead atoms. The van der Waals surface area contributed by atoms with Gasteiger partial charge in [0.25, 0.3) is 0 Å². The van der Waals surface area contributed by atoms with Crippen LogP contribution in [0.25, 0.3) is 0 Å². The van der Waals surface area contributed by atoms with E-state index in [1.165, 1.54) is 0 Å². The standard InChI is InChI=1S/C16H26N2O2S/c1-11-4-7-16(13(3)8-11)18-21(19,20)15-6-5-12(2)14(9-15)10-17/h5-6,9,11,13,16,18H,4,7-8,10,17H2,1-3H3. The Hall–Kier alpha value is -0.910. The summed E-state index contributed by atoms with van der Waals surface area (Å²) in [5.74, 6) is 1.06. The van der Waals surface area contributed by atoms with Gasteiger partial charge in [0, 0.05) is 12.6 Å². The highest BCUT2D eigenvalue weighted by molar-refractivity contribution is 7.89. The smallest absolute Gasteiger partial charge is 0.240 e. The number of aryl methyl sites for hydroxylation is 1. The zero-order chi connectivity index (χ0) is 15.6. The van der Waals surface area contributed by atoms with E-state index in [0.717, 1.165) is 30.4 Å². The van der Waals surface area contributed by atoms with Crippen LogP contribution in [0.4, 0.5) is 0 Å². The van der Waals surface area contributed by atoms with E-state index in [-0.39, 0.29) is 6.04 Å². The molecule has 21 heavy (non-hydrogen) atoms. The van der Waals surface area contributed by atoms with E-state index in [1.54, 1.807) is 12.1 Å². The van der Waals surface area contributed by atoms with Crippen LogP contribution in [0.5, 0.6) is 0 Å². The van der Waals surface area contributed by atoms with Gasteiger partial charge in [-0.3, -0.25) is 0 Å². The normalized spacial score (nSPS) is 26.8. The molecule has 0 amide bonds. The molecule has 0 radical (unpaired) electrons. The first-order valence-electron chi connectivity index (χ1n) is 7.65. The second kappa shape index (κ2) is 6.46. The fraction of sp³-hybridized carbons (Fsp3) is 0.625. The van der Waals surface area contributed by atoms with Gasteiger partial charge in [-0.2, -0.15) is 0 Å². The van der Waals surface area contributed by atoms with Gasteiger partial charge in [0.05, 0.1) is 4.90 Å². The molecular weight excluding hydrogens is 284 g/mol. The summed E-state index contributed by atoms with van der Waals surface area (Å²) < 4.78 is 28.0. The first-order chi connectivity index (χ1) is 9.83. The molecule has 3 unspecified atom stereocenters. The van der Waals surface area contributed by atoms with Crippen molar-refractivity contribution in [2.24, 2.45) is 17.6 Å². The van der Waals surface area contributed by atoms with Gasteiger partial charge in [-0.15, -0.1) is 0 Å². The molecule has 1 saturated carbocycles. The van der Waals surface area contributed by atoms with Crippen LogP contribution in [0.3, 0.4) is 0 Å². The molecule has 1 fully saturated rings. The molecule has 0 heterocycles. The number of nitrogens with one attached hydrogen (secondary N) is 1. The molecule has 3 atom stereocenters. The Morgan fingerprint density at radius 3 is 2.62 bits per heavy atom. The van der Waals surface area contributed by atoms with Gasteiger partial charge in [-0.1, -0.05) is 19.9 Å². The number of hydrogen-bond acceptors (Lipinski definition) is 3. The van der Waals surface area contributed by atoms with Gasteiger partial charge in [0.2, 0.25) is 10.0 Å². The van der Waals surface area contributed by atoms with Crippen LogP contribution in [0.1, 0.15) is 44.2 Å². The molecule has 2 rings (SSSR count). The van der Waals surface area contributed by atoms with Gasteiger partial charge >= 0.3 is 0 Å². The van der Waals surface area contributed by atoms with Crippen LogP contribution < -0.4 is 10.5 Å². The van der Waals surface area contributed by atoms with Gasteiger partial charge in [-0.25, -0.2) is 13.1 Å². The van der Waals surface area contributed by atoms with E-state index in [2.05, 4.69) is 18.6 Å². The average molecular weight is 310 g/mol. The van der Waals surface area contributed by atoms with E-state index in [1.807, 2.05) is 13.0 Å². The Morgan fingerprint density at radius 2 is 2.00 bits per heavy atom. The maximum atomic E-state index is 12.6. The van der Waals surface area contributed by atoms with Gasteiger partial charge in [-0.05, 0) is 61.3 Å². The van der Waals surface area contributed by atoms with Crippen LogP contribution in [-0.2, 0) is 16.6 Å². The van der Waals surface area contributed by atoms with E-state index < -0.39 is 10.0 Å². The Bertz CT molecular complexity index is 598. The minimum atomic E-state index is -3.47. The summed E-state index contributed by atoms with van der Waals surface area (Å²) in [5, 5.41) is 0. The molecule has 0 aromatic heterocycles. The number of rotatable bonds is 4. The summed E-state index contributed by atoms with van der Waals surface area (Å²) in [5.41, 5.74) is 7.57. The number of sulfonamides is 1. The molecule has 1 aromatic rings. The highest BCUT2D eigenvalue weighted by Gasteiger charge is 2.29. The zero-order valence-electron chi connectivity index (χ0n) is 13.1. The Morgan fingerprint density at radius 1 is 1.29 bits per heavy atom. The van der Waals surface area contributed by atoms with Crippen molar-refractivity contribution in [3.63, 3.8) is 0 Å². The second-order valence-electron chi connectivity index (χ2n) is 6.42. The highest BCUT2D eigenvalue weighted by Crippen LogP contribution is 2.29. The maximum Gasteiger partial charge on any atom is 0.240 e. The lowest BCUT2D eigenvalue weighted by atomic mass is 9.80. The Balaban J connectivity index is 2.18. The average Bonchev–Trinajstić information content (AvgIpc) is 2.42. The van der Waals surface area contributed by atoms with Crippen molar-refractivity contribution in [3.8, 4) is 0 Å². The fourth-order valence-corrected chi connectivity index (χ4v) is 4.57. The highest BCUT2D eigenvalue weighted by atomic mass is 32.2. The summed E-state index contributed by atoms with van der Waals surface area (Å²) in [6.07, 6.45) is 3.08. The molecule has 1 aromatic carbocycles. The molecular formula is C16H26N2O2S. The molecule has 3 N–H and O–H groups in total. The van der Waals surface area contributed by atoms with Crippen molar-refractivity contribution < 1.29 is 8.42 Å². The summed E-state index contributed by atoms with van der Waals surface area (Å²) in [4.78, 5) is 0.319. The van der Waals surface area contributed by atoms with E-state index in [4.69, 9.17) is 5.73 Å². The fourth-order valence-electron chi connectivity index (χ4n) is 3.14. The third-order valence-electron chi connectivity index (χ3n) is 4.59. The molecule has 0 saturated heterocycles. The molecule has 118 valence electrons. The third kappa shape index (κ3) is 3.84. The van der Waals surface area contributed by atoms with Gasteiger partial charge in [0.1, 0.15) is 0 Å². The van der Waals surface area contributed by atoms with Crippen molar-refractivity contribution in [3.05, 3.63) is 29.3 Å². The van der Waals surface area contributed by atoms with Crippen molar-refractivity contribution in [2.45, 2.75) is 57.5 Å². The predicted molar refractivity (Wildman–Crippen MR) is 85.4 cm³/mol. The van der Waals surface area contributed by atoms with Crippen LogP contribution in [-0.4, -0.2) is 14.5 Å². The quantitative estimate of drug-likeness (QED) is 0.897. The number of hydrogen-bond donors (Lipinski definition) is 2. The molecule has 4 nitrogen and oxygen atoms in total. The van der Waals surface area contributed by atoms with E-state index >= 15 is 0 Å². The predicted octanol–water partition coefficient (Wildman–Crippen LogP) is 2.56. The Labute approximate surface area is 128 Å². The first kappa shape index (κ1) is 16.5. The zero-order valence-corrected chi connectivity index (χ0v) is 13.9. The minimum Gasteiger partial charge on any atom is -0.326 e. The van der Waals surface area contributed by atoms with Crippen LogP contribution in [0.2, 0.25) is 0 Å². The molecule has 5 heteroatoms. The molecule has 0 aliphatic heterocycles. The lowest BCUT2D eigenvalue weighted by Gasteiger charge is -2.32. The molecule has 1 aliphatic rings. The molecule has 1 aliphatic carbocycles. The van der Waals surface area contributed by atoms with Crippen molar-refractivity contribution >= 4 is 10.0 Å². The van der Waals surface area contributed by atoms with E-state index in [9.17, 15) is 8.42 Å². The first-order valence-corrected chi connectivity index (χ1v) is 9.13. The van der Waals surface area contributed by atoms with Gasteiger partial charge < -0.3 is 5.73 Å². The maximum absolute atomic E-state index is 12.6. The van der Waals surface area contributed by atoms with Crippen LogP contribution in [0, 0.1) is 18.8 Å². The third-order valence-corrected chi connectivity index (χ3v) is 6.08. The number of nitrogens with two attached hydrogens (primary N) is 1. The monoisotopic (exact) mass is 310 g/mol. The van der Waals surface area contributed by atoms with Crippen molar-refractivity contribution in [1.82, 2.24) is 4.72 Å². The SMILES string of the molecule is Cc1ccc(S(=O)(=O)NC2CCC(C)CC2C)cc1CN. The number of benzene rings is 1. The summed E-state index contributed by atoms with van der Waals surface area (Å²) in [6.45, 7) is 6.65. The van der Waals surface area contributed by atoms with Gasteiger partial charge in [0.15, 0.2) is 0 Å². The van der Waals surface area contributed by atoms with Crippen molar-refractivity contribution in [1.29, 1.82) is 0 Å². The van der Waals surface area contributed by atoms with Crippen LogP contribution in [0.15, 0.2) is 23.1 Å². The summed E-state index contributed by atoms with van der Waals surface area (Å²) >= 11 is 0. The Kier molecular flexibility index (Phi) is 5.07. The van der Waals surface area contributed by atoms with Crippen molar-refractivity contribution in [2.75, 3.05) is 0 Å². The minimum absolute atomic E-state index is 0.0360. The van der Waals surface area contributed by atoms with Crippen LogP contribution >= 0.6 is 0 Å². The second-order valence-corrected chi connectivity index (χ2v) is 8.13. The lowest BCUT2D eigenvalue weighted by Crippen LogP contribution is -2.42. The lowest BCUT2D eigenvalue weighted by molar-refractivity contribution is 0.249. The summed E-state index contributed by atoms with van der Waals surface area (Å²) in [6, 6.07) is 5.21. The van der Waals surface area contributed by atoms with E-state index in [0.29, 0.717) is 23.3 Å². The molecule has 0 spiro atoms. The largest absolute Gasteiger partial charge is 0.326 e. The topological polar surface area (TPSA) is 72.2 Å².